The predicted molar refractivity (Wildman–Crippen MR) is 91.1 cm³/mol. The van der Waals surface area contributed by atoms with Gasteiger partial charge >= 0.3 is 0 Å². The molecule has 5 heteroatoms. The molecule has 0 heterocycles. The van der Waals surface area contributed by atoms with Gasteiger partial charge in [-0.15, -0.1) is 0 Å². The summed E-state index contributed by atoms with van der Waals surface area (Å²) in [6, 6.07) is 11.5. The third kappa shape index (κ3) is 3.74. The van der Waals surface area contributed by atoms with Gasteiger partial charge in [-0.25, -0.2) is 4.39 Å². The van der Waals surface area contributed by atoms with Gasteiger partial charge in [-0.2, -0.15) is 0 Å². The van der Waals surface area contributed by atoms with Crippen molar-refractivity contribution >= 4 is 40.1 Å². The molecular weight excluding hydrogens is 404 g/mol. The van der Waals surface area contributed by atoms with Gasteiger partial charge in [0.15, 0.2) is 0 Å². The third-order valence-electron chi connectivity index (χ3n) is 3.42. The number of hydrogen-bond acceptors (Lipinski definition) is 1. The van der Waals surface area contributed by atoms with Crippen molar-refractivity contribution in [2.45, 2.75) is 13.0 Å². The van der Waals surface area contributed by atoms with Crippen LogP contribution in [0.5, 0.6) is 0 Å². The van der Waals surface area contributed by atoms with Crippen molar-refractivity contribution in [1.29, 1.82) is 0 Å². The van der Waals surface area contributed by atoms with Crippen molar-refractivity contribution in [3.8, 4) is 0 Å². The van der Waals surface area contributed by atoms with Crippen LogP contribution in [0, 0.1) is 9.39 Å². The molecule has 21 heavy (non-hydrogen) atoms. The van der Waals surface area contributed by atoms with Crippen LogP contribution >= 0.6 is 34.2 Å². The number of rotatable bonds is 3. The lowest BCUT2D eigenvalue weighted by atomic mass is 10.1. The van der Waals surface area contributed by atoms with Gasteiger partial charge in [0.1, 0.15) is 5.82 Å². The van der Waals surface area contributed by atoms with Crippen LogP contribution in [0.25, 0.3) is 0 Å². The zero-order valence-electron chi connectivity index (χ0n) is 11.6. The van der Waals surface area contributed by atoms with Gasteiger partial charge < -0.3 is 4.90 Å². The second-order valence-corrected chi connectivity index (χ2v) is 6.37. The minimum Gasteiger partial charge on any atom is -0.335 e. The predicted octanol–water partition coefficient (Wildman–Crippen LogP) is 4.92. The second kappa shape index (κ2) is 6.75. The summed E-state index contributed by atoms with van der Waals surface area (Å²) in [5.74, 6) is -0.480. The highest BCUT2D eigenvalue weighted by atomic mass is 127. The highest BCUT2D eigenvalue weighted by Crippen LogP contribution is 2.24. The van der Waals surface area contributed by atoms with Crippen molar-refractivity contribution in [3.63, 3.8) is 0 Å². The molecule has 0 N–H and O–H groups in total. The number of halogens is 3. The monoisotopic (exact) mass is 417 g/mol. The smallest absolute Gasteiger partial charge is 0.255 e. The summed E-state index contributed by atoms with van der Waals surface area (Å²) in [5.41, 5.74) is 1.49. The standard InChI is InChI=1S/C16H14ClFINO/c1-10(11-3-5-12(17)6-4-11)20(2)16(21)14-8-7-13(18)9-15(14)19/h3-10H,1-2H3. The molecule has 2 rings (SSSR count). The molecule has 0 aromatic heterocycles. The van der Waals surface area contributed by atoms with Crippen LogP contribution in [0.1, 0.15) is 28.9 Å². The largest absolute Gasteiger partial charge is 0.335 e. The van der Waals surface area contributed by atoms with Gasteiger partial charge in [0.25, 0.3) is 5.91 Å². The van der Waals surface area contributed by atoms with Gasteiger partial charge in [0.2, 0.25) is 0 Å². The average Bonchev–Trinajstić information content (AvgIpc) is 2.46. The molecule has 2 aromatic rings. The Labute approximate surface area is 142 Å². The van der Waals surface area contributed by atoms with E-state index in [1.54, 1.807) is 24.1 Å². The Morgan fingerprint density at radius 2 is 1.86 bits per heavy atom. The Kier molecular flexibility index (Phi) is 5.22. The van der Waals surface area contributed by atoms with E-state index in [0.29, 0.717) is 14.2 Å². The lowest BCUT2D eigenvalue weighted by Crippen LogP contribution is -2.30. The zero-order chi connectivity index (χ0) is 15.6. The fourth-order valence-electron chi connectivity index (χ4n) is 1.99. The maximum Gasteiger partial charge on any atom is 0.255 e. The van der Waals surface area contributed by atoms with Crippen LogP contribution < -0.4 is 0 Å². The van der Waals surface area contributed by atoms with Gasteiger partial charge in [-0.05, 0) is 65.4 Å². The molecule has 0 radical (unpaired) electrons. The Balaban J connectivity index is 2.24. The van der Waals surface area contributed by atoms with Gasteiger partial charge in [0, 0.05) is 15.6 Å². The first-order valence-corrected chi connectivity index (χ1v) is 7.83. The van der Waals surface area contributed by atoms with Crippen LogP contribution in [-0.4, -0.2) is 17.9 Å². The number of nitrogens with zero attached hydrogens (tertiary/aromatic N) is 1. The number of benzene rings is 2. The van der Waals surface area contributed by atoms with E-state index in [9.17, 15) is 9.18 Å². The molecule has 2 nitrogen and oxygen atoms in total. The van der Waals surface area contributed by atoms with Gasteiger partial charge in [-0.1, -0.05) is 23.7 Å². The van der Waals surface area contributed by atoms with Gasteiger partial charge in [-0.3, -0.25) is 4.79 Å². The molecule has 0 saturated heterocycles. The molecule has 0 aliphatic carbocycles. The van der Waals surface area contributed by atoms with E-state index in [1.807, 2.05) is 41.6 Å². The van der Waals surface area contributed by atoms with Crippen molar-refractivity contribution in [2.24, 2.45) is 0 Å². The summed E-state index contributed by atoms with van der Waals surface area (Å²) in [6.45, 7) is 1.94. The molecule has 0 spiro atoms. The van der Waals surface area contributed by atoms with Crippen LogP contribution in [0.2, 0.25) is 5.02 Å². The first-order chi connectivity index (χ1) is 9.90. The van der Waals surface area contributed by atoms with Crippen molar-refractivity contribution < 1.29 is 9.18 Å². The van der Waals surface area contributed by atoms with Crippen LogP contribution in [0.15, 0.2) is 42.5 Å². The number of hydrogen-bond donors (Lipinski definition) is 0. The van der Waals surface area contributed by atoms with Crippen LogP contribution in [0.3, 0.4) is 0 Å². The van der Waals surface area contributed by atoms with Crippen LogP contribution in [0.4, 0.5) is 4.39 Å². The molecule has 0 aliphatic rings. The minimum absolute atomic E-state index is 0.101. The molecular formula is C16H14ClFINO. The first-order valence-electron chi connectivity index (χ1n) is 6.38. The highest BCUT2D eigenvalue weighted by Gasteiger charge is 2.20. The Hall–Kier alpha value is -1.14. The van der Waals surface area contributed by atoms with Crippen molar-refractivity contribution in [3.05, 3.63) is 68.0 Å². The molecule has 2 aromatic carbocycles. The summed E-state index contributed by atoms with van der Waals surface area (Å²) in [6.07, 6.45) is 0. The zero-order valence-corrected chi connectivity index (χ0v) is 14.5. The average molecular weight is 418 g/mol. The van der Waals surface area contributed by atoms with E-state index in [1.165, 1.54) is 18.2 Å². The summed E-state index contributed by atoms with van der Waals surface area (Å²) < 4.78 is 13.7. The van der Waals surface area contributed by atoms with E-state index in [2.05, 4.69) is 0 Å². The highest BCUT2D eigenvalue weighted by molar-refractivity contribution is 14.1. The van der Waals surface area contributed by atoms with E-state index in [-0.39, 0.29) is 17.8 Å². The van der Waals surface area contributed by atoms with E-state index >= 15 is 0 Å². The molecule has 0 bridgehead atoms. The minimum atomic E-state index is -0.343. The number of amides is 1. The second-order valence-electron chi connectivity index (χ2n) is 4.77. The van der Waals surface area contributed by atoms with E-state index in [0.717, 1.165) is 5.56 Å². The molecule has 0 aliphatic heterocycles. The Morgan fingerprint density at radius 1 is 1.24 bits per heavy atom. The molecule has 1 unspecified atom stereocenters. The molecule has 0 saturated carbocycles. The summed E-state index contributed by atoms with van der Waals surface area (Å²) >= 11 is 7.84. The number of carbonyl (C=O) groups excluding carboxylic acids is 1. The first kappa shape index (κ1) is 16.2. The van der Waals surface area contributed by atoms with Gasteiger partial charge in [0.05, 0.1) is 11.6 Å². The quantitative estimate of drug-likeness (QED) is 0.649. The van der Waals surface area contributed by atoms with Crippen molar-refractivity contribution in [1.82, 2.24) is 4.90 Å². The summed E-state index contributed by atoms with van der Waals surface area (Å²) in [7, 11) is 1.74. The Bertz CT molecular complexity index is 660. The summed E-state index contributed by atoms with van der Waals surface area (Å²) in [5, 5.41) is 0.660. The third-order valence-corrected chi connectivity index (χ3v) is 4.56. The molecule has 1 atom stereocenters. The fraction of sp³-hybridized carbons (Fsp3) is 0.188. The molecule has 1 amide bonds. The van der Waals surface area contributed by atoms with E-state index < -0.39 is 0 Å². The lowest BCUT2D eigenvalue weighted by Gasteiger charge is -2.26. The topological polar surface area (TPSA) is 20.3 Å². The molecule has 0 fully saturated rings. The summed E-state index contributed by atoms with van der Waals surface area (Å²) in [4.78, 5) is 14.2. The fourth-order valence-corrected chi connectivity index (χ4v) is 2.83. The van der Waals surface area contributed by atoms with Crippen LogP contribution in [-0.2, 0) is 0 Å². The maximum atomic E-state index is 13.1. The normalized spacial score (nSPS) is 12.0. The molecule has 110 valence electrons. The SMILES string of the molecule is CC(c1ccc(Cl)cc1)N(C)C(=O)c1ccc(F)cc1I. The number of carbonyl (C=O) groups is 1. The Morgan fingerprint density at radius 3 is 2.43 bits per heavy atom. The van der Waals surface area contributed by atoms with E-state index in [4.69, 9.17) is 11.6 Å². The van der Waals surface area contributed by atoms with Crippen molar-refractivity contribution in [2.75, 3.05) is 7.05 Å². The maximum absolute atomic E-state index is 13.1. The lowest BCUT2D eigenvalue weighted by molar-refractivity contribution is 0.0741.